The van der Waals surface area contributed by atoms with Crippen LogP contribution in [0.1, 0.15) is 52.6 Å². The van der Waals surface area contributed by atoms with Crippen molar-refractivity contribution in [2.75, 3.05) is 11.9 Å². The molecule has 4 heteroatoms. The zero-order valence-corrected chi connectivity index (χ0v) is 16.7. The fourth-order valence-electron chi connectivity index (χ4n) is 3.29. The lowest BCUT2D eigenvalue weighted by Crippen LogP contribution is -2.27. The van der Waals surface area contributed by atoms with Crippen LogP contribution in [0, 0.1) is 13.8 Å². The Morgan fingerprint density at radius 3 is 2.44 bits per heavy atom. The molecule has 0 saturated carbocycles. The molecule has 0 radical (unpaired) electrons. The first-order valence-electron chi connectivity index (χ1n) is 9.34. The molecular formula is C23H27N3O. The minimum absolute atomic E-state index is 0.0229. The monoisotopic (exact) mass is 361 g/mol. The molecule has 1 heterocycles. The number of aryl methyl sites for hydroxylation is 1. The van der Waals surface area contributed by atoms with E-state index in [1.807, 2.05) is 55.9 Å². The summed E-state index contributed by atoms with van der Waals surface area (Å²) in [7, 11) is 1.83. The van der Waals surface area contributed by atoms with E-state index in [4.69, 9.17) is 0 Å². The molecule has 0 aliphatic carbocycles. The van der Waals surface area contributed by atoms with Crippen LogP contribution in [-0.2, 0) is 6.54 Å². The second-order valence-corrected chi connectivity index (χ2v) is 7.30. The van der Waals surface area contributed by atoms with Gasteiger partial charge in [0.2, 0.25) is 0 Å². The van der Waals surface area contributed by atoms with Gasteiger partial charge < -0.3 is 4.90 Å². The molecule has 1 amide bonds. The number of rotatable bonds is 5. The topological polar surface area (TPSA) is 38.1 Å². The predicted octanol–water partition coefficient (Wildman–Crippen LogP) is 4.95. The number of benzene rings is 2. The third kappa shape index (κ3) is 3.95. The lowest BCUT2D eigenvalue weighted by Gasteiger charge is -2.19. The van der Waals surface area contributed by atoms with Crippen LogP contribution in [0.25, 0.3) is 0 Å². The summed E-state index contributed by atoms with van der Waals surface area (Å²) in [5.74, 6) is 0.399. The summed E-state index contributed by atoms with van der Waals surface area (Å²) in [6.07, 6.45) is 0. The molecule has 0 unspecified atom stereocenters. The minimum Gasteiger partial charge on any atom is -0.311 e. The summed E-state index contributed by atoms with van der Waals surface area (Å²) in [4.78, 5) is 14.9. The highest BCUT2D eigenvalue weighted by molar-refractivity contribution is 6.07. The van der Waals surface area contributed by atoms with Crippen LogP contribution < -0.4 is 4.90 Å². The lowest BCUT2D eigenvalue weighted by molar-refractivity contribution is 0.0991. The zero-order valence-electron chi connectivity index (χ0n) is 16.7. The van der Waals surface area contributed by atoms with Gasteiger partial charge in [-0.25, -0.2) is 0 Å². The van der Waals surface area contributed by atoms with Crippen LogP contribution in [0.5, 0.6) is 0 Å². The second-order valence-electron chi connectivity index (χ2n) is 7.30. The Morgan fingerprint density at radius 1 is 1.07 bits per heavy atom. The Bertz CT molecular complexity index is 942. The molecule has 0 fully saturated rings. The van der Waals surface area contributed by atoms with Gasteiger partial charge in [-0.1, -0.05) is 56.3 Å². The van der Waals surface area contributed by atoms with Crippen LogP contribution >= 0.6 is 0 Å². The van der Waals surface area contributed by atoms with E-state index in [1.54, 1.807) is 4.90 Å². The largest absolute Gasteiger partial charge is 0.311 e. The Morgan fingerprint density at radius 2 is 1.78 bits per heavy atom. The fraction of sp³-hybridized carbons (Fsp3) is 0.304. The number of carbonyl (C=O) groups excluding carboxylic acids is 1. The van der Waals surface area contributed by atoms with Crippen molar-refractivity contribution in [1.29, 1.82) is 0 Å². The van der Waals surface area contributed by atoms with Crippen molar-refractivity contribution in [1.82, 2.24) is 9.78 Å². The number of carbonyl (C=O) groups is 1. The van der Waals surface area contributed by atoms with Crippen molar-refractivity contribution in [3.63, 3.8) is 0 Å². The molecule has 27 heavy (non-hydrogen) atoms. The normalized spacial score (nSPS) is 11.0. The van der Waals surface area contributed by atoms with E-state index in [0.717, 1.165) is 17.1 Å². The molecule has 0 aliphatic heterocycles. The molecule has 0 aliphatic rings. The van der Waals surface area contributed by atoms with Gasteiger partial charge in [-0.05, 0) is 43.0 Å². The fourth-order valence-corrected chi connectivity index (χ4v) is 3.29. The maximum atomic E-state index is 13.2. The van der Waals surface area contributed by atoms with Crippen molar-refractivity contribution in [3.8, 4) is 0 Å². The van der Waals surface area contributed by atoms with E-state index in [9.17, 15) is 4.79 Å². The van der Waals surface area contributed by atoms with Crippen LogP contribution in [0.4, 0.5) is 5.69 Å². The van der Waals surface area contributed by atoms with Gasteiger partial charge in [0.05, 0.1) is 17.8 Å². The highest BCUT2D eigenvalue weighted by Crippen LogP contribution is 2.24. The number of nitrogens with zero attached hydrogens (tertiary/aromatic N) is 3. The first-order valence-corrected chi connectivity index (χ1v) is 9.34. The van der Waals surface area contributed by atoms with E-state index in [-0.39, 0.29) is 5.91 Å². The molecule has 3 aromatic rings. The molecule has 0 N–H and O–H groups in total. The van der Waals surface area contributed by atoms with Gasteiger partial charge >= 0.3 is 0 Å². The van der Waals surface area contributed by atoms with E-state index in [2.05, 4.69) is 43.2 Å². The number of amides is 1. The zero-order chi connectivity index (χ0) is 19.6. The average molecular weight is 361 g/mol. The lowest BCUT2D eigenvalue weighted by atomic mass is 10.0. The van der Waals surface area contributed by atoms with Crippen molar-refractivity contribution < 1.29 is 4.79 Å². The molecule has 0 saturated heterocycles. The molecule has 2 aromatic carbocycles. The first kappa shape index (κ1) is 18.9. The van der Waals surface area contributed by atoms with Gasteiger partial charge in [0, 0.05) is 18.4 Å². The Labute approximate surface area is 161 Å². The predicted molar refractivity (Wildman–Crippen MR) is 111 cm³/mol. The van der Waals surface area contributed by atoms with Crippen molar-refractivity contribution >= 4 is 11.6 Å². The van der Waals surface area contributed by atoms with Crippen LogP contribution in [0.15, 0.2) is 54.6 Å². The Balaban J connectivity index is 1.89. The quantitative estimate of drug-likeness (QED) is 0.645. The van der Waals surface area contributed by atoms with Crippen LogP contribution in [0.3, 0.4) is 0 Å². The van der Waals surface area contributed by atoms with Crippen LogP contribution in [-0.4, -0.2) is 22.7 Å². The van der Waals surface area contributed by atoms with Crippen molar-refractivity contribution in [2.45, 2.75) is 40.2 Å². The van der Waals surface area contributed by atoms with E-state index < -0.39 is 0 Å². The van der Waals surface area contributed by atoms with Crippen molar-refractivity contribution in [3.05, 3.63) is 82.7 Å². The molecule has 0 atom stereocenters. The molecule has 4 nitrogen and oxygen atoms in total. The number of aromatic nitrogens is 2. The average Bonchev–Trinajstić information content (AvgIpc) is 2.94. The SMILES string of the molecule is Cc1nn(Cc2ccccc2)c(C)c1C(=O)N(C)c1cccc(C(C)C)c1. The van der Waals surface area contributed by atoms with Gasteiger partial charge in [0.25, 0.3) is 5.91 Å². The van der Waals surface area contributed by atoms with Crippen molar-refractivity contribution in [2.24, 2.45) is 0 Å². The summed E-state index contributed by atoms with van der Waals surface area (Å²) in [5, 5.41) is 4.62. The van der Waals surface area contributed by atoms with Gasteiger partial charge in [-0.15, -0.1) is 0 Å². The minimum atomic E-state index is -0.0229. The van der Waals surface area contributed by atoms with Gasteiger partial charge in [-0.3, -0.25) is 9.48 Å². The summed E-state index contributed by atoms with van der Waals surface area (Å²) in [6, 6.07) is 18.3. The molecular weight excluding hydrogens is 334 g/mol. The summed E-state index contributed by atoms with van der Waals surface area (Å²) < 4.78 is 1.91. The van der Waals surface area contributed by atoms with Gasteiger partial charge in [0.1, 0.15) is 0 Å². The summed E-state index contributed by atoms with van der Waals surface area (Å²) in [6.45, 7) is 8.84. The van der Waals surface area contributed by atoms with E-state index in [0.29, 0.717) is 18.0 Å². The molecule has 140 valence electrons. The molecule has 0 bridgehead atoms. The Hall–Kier alpha value is -2.88. The van der Waals surface area contributed by atoms with E-state index >= 15 is 0 Å². The highest BCUT2D eigenvalue weighted by Gasteiger charge is 2.23. The number of hydrogen-bond donors (Lipinski definition) is 0. The smallest absolute Gasteiger partial charge is 0.261 e. The summed E-state index contributed by atoms with van der Waals surface area (Å²) in [5.41, 5.74) is 5.64. The summed E-state index contributed by atoms with van der Waals surface area (Å²) >= 11 is 0. The third-order valence-corrected chi connectivity index (χ3v) is 5.00. The van der Waals surface area contributed by atoms with Gasteiger partial charge in [-0.2, -0.15) is 5.10 Å². The molecule has 3 rings (SSSR count). The number of anilines is 1. The second kappa shape index (κ2) is 7.78. The Kier molecular flexibility index (Phi) is 5.45. The standard InChI is InChI=1S/C23H27N3O/c1-16(2)20-12-9-13-21(14-20)25(5)23(27)22-17(3)24-26(18(22)4)15-19-10-7-6-8-11-19/h6-14,16H,15H2,1-5H3. The van der Waals surface area contributed by atoms with Gasteiger partial charge in [0.15, 0.2) is 0 Å². The van der Waals surface area contributed by atoms with Crippen LogP contribution in [0.2, 0.25) is 0 Å². The number of hydrogen-bond acceptors (Lipinski definition) is 2. The molecule has 1 aromatic heterocycles. The van der Waals surface area contributed by atoms with E-state index in [1.165, 1.54) is 11.1 Å². The highest BCUT2D eigenvalue weighted by atomic mass is 16.2. The maximum absolute atomic E-state index is 13.2. The third-order valence-electron chi connectivity index (χ3n) is 5.00. The maximum Gasteiger partial charge on any atom is 0.261 e. The molecule has 0 spiro atoms. The first-order chi connectivity index (χ1) is 12.9.